The van der Waals surface area contributed by atoms with Crippen LogP contribution in [0.25, 0.3) is 0 Å². The lowest BCUT2D eigenvalue weighted by Crippen LogP contribution is -2.35. The third-order valence-electron chi connectivity index (χ3n) is 3.24. The Morgan fingerprint density at radius 1 is 1.22 bits per heavy atom. The molecule has 1 aromatic rings. The van der Waals surface area contributed by atoms with Gasteiger partial charge in [0.25, 0.3) is 0 Å². The van der Waals surface area contributed by atoms with Crippen LogP contribution in [-0.4, -0.2) is 31.6 Å². The van der Waals surface area contributed by atoms with E-state index in [-0.39, 0.29) is 12.1 Å². The summed E-state index contributed by atoms with van der Waals surface area (Å²) in [7, 11) is 4.14. The first-order valence-corrected chi connectivity index (χ1v) is 6.54. The zero-order chi connectivity index (χ0) is 13.9. The maximum Gasteiger partial charge on any atom is 0.122 e. The van der Waals surface area contributed by atoms with Crippen LogP contribution in [0.1, 0.15) is 36.6 Å². The monoisotopic (exact) mass is 250 g/mol. The van der Waals surface area contributed by atoms with Gasteiger partial charge in [0, 0.05) is 12.1 Å². The van der Waals surface area contributed by atoms with E-state index in [0.29, 0.717) is 6.61 Å². The first kappa shape index (κ1) is 15.0. The van der Waals surface area contributed by atoms with Gasteiger partial charge in [-0.2, -0.15) is 0 Å². The SMILES string of the molecule is CCOc1cc(C)c(C(C(C)N)N(C)C)cc1C. The fraction of sp³-hybridized carbons (Fsp3) is 0.600. The zero-order valence-electron chi connectivity index (χ0n) is 12.4. The second-order valence-electron chi connectivity index (χ2n) is 5.17. The molecule has 0 bridgehead atoms. The van der Waals surface area contributed by atoms with Gasteiger partial charge < -0.3 is 15.4 Å². The summed E-state index contributed by atoms with van der Waals surface area (Å²) < 4.78 is 5.63. The molecule has 0 heterocycles. The maximum atomic E-state index is 6.11. The maximum absolute atomic E-state index is 6.11. The molecule has 0 aliphatic carbocycles. The van der Waals surface area contributed by atoms with Crippen molar-refractivity contribution in [3.05, 3.63) is 28.8 Å². The van der Waals surface area contributed by atoms with E-state index < -0.39 is 0 Å². The molecule has 1 aromatic carbocycles. The molecule has 2 N–H and O–H groups in total. The Morgan fingerprint density at radius 3 is 2.28 bits per heavy atom. The predicted octanol–water partition coefficient (Wildman–Crippen LogP) is 2.65. The van der Waals surface area contributed by atoms with E-state index in [2.05, 4.69) is 51.9 Å². The molecule has 1 rings (SSSR count). The number of hydrogen-bond acceptors (Lipinski definition) is 3. The number of likely N-dealkylation sites (N-methyl/N-ethyl adjacent to an activating group) is 1. The molecule has 0 radical (unpaired) electrons. The van der Waals surface area contributed by atoms with Crippen LogP contribution in [-0.2, 0) is 0 Å². The minimum atomic E-state index is 0.0936. The predicted molar refractivity (Wildman–Crippen MR) is 77.2 cm³/mol. The third kappa shape index (κ3) is 3.24. The summed E-state index contributed by atoms with van der Waals surface area (Å²) in [5.41, 5.74) is 9.81. The smallest absolute Gasteiger partial charge is 0.122 e. The lowest BCUT2D eigenvalue weighted by atomic mass is 9.93. The van der Waals surface area contributed by atoms with Gasteiger partial charge in [0.1, 0.15) is 5.75 Å². The van der Waals surface area contributed by atoms with Crippen LogP contribution < -0.4 is 10.5 Å². The highest BCUT2D eigenvalue weighted by atomic mass is 16.5. The van der Waals surface area contributed by atoms with Crippen LogP contribution in [0.15, 0.2) is 12.1 Å². The van der Waals surface area contributed by atoms with Crippen molar-refractivity contribution in [3.8, 4) is 5.75 Å². The summed E-state index contributed by atoms with van der Waals surface area (Å²) >= 11 is 0. The van der Waals surface area contributed by atoms with Crippen LogP contribution in [0.5, 0.6) is 5.75 Å². The van der Waals surface area contributed by atoms with Crippen molar-refractivity contribution in [2.24, 2.45) is 5.73 Å². The van der Waals surface area contributed by atoms with Crippen molar-refractivity contribution in [2.75, 3.05) is 20.7 Å². The number of rotatable bonds is 5. The van der Waals surface area contributed by atoms with Crippen LogP contribution in [0.4, 0.5) is 0 Å². The topological polar surface area (TPSA) is 38.5 Å². The number of nitrogens with zero attached hydrogens (tertiary/aromatic N) is 1. The van der Waals surface area contributed by atoms with E-state index in [9.17, 15) is 0 Å². The Morgan fingerprint density at radius 2 is 1.83 bits per heavy atom. The van der Waals surface area contributed by atoms with Gasteiger partial charge in [-0.25, -0.2) is 0 Å². The molecular weight excluding hydrogens is 224 g/mol. The van der Waals surface area contributed by atoms with E-state index in [1.807, 2.05) is 6.92 Å². The molecule has 0 amide bonds. The van der Waals surface area contributed by atoms with Crippen molar-refractivity contribution in [2.45, 2.75) is 39.8 Å². The second kappa shape index (κ2) is 6.21. The Hall–Kier alpha value is -1.06. The number of benzene rings is 1. The molecule has 2 atom stereocenters. The van der Waals surface area contributed by atoms with Gasteiger partial charge in [0.2, 0.25) is 0 Å². The normalized spacial score (nSPS) is 14.7. The molecule has 0 saturated heterocycles. The van der Waals surface area contributed by atoms with Gasteiger partial charge in [0.15, 0.2) is 0 Å². The van der Waals surface area contributed by atoms with Gasteiger partial charge in [0.05, 0.1) is 6.61 Å². The number of hydrogen-bond donors (Lipinski definition) is 1. The van der Waals surface area contributed by atoms with Gasteiger partial charge >= 0.3 is 0 Å². The first-order chi connectivity index (χ1) is 8.38. The summed E-state index contributed by atoms with van der Waals surface area (Å²) in [6.07, 6.45) is 0. The molecular formula is C15H26N2O. The van der Waals surface area contributed by atoms with Crippen molar-refractivity contribution in [1.82, 2.24) is 4.90 Å². The van der Waals surface area contributed by atoms with Crippen molar-refractivity contribution < 1.29 is 4.74 Å². The molecule has 102 valence electrons. The molecule has 18 heavy (non-hydrogen) atoms. The summed E-state index contributed by atoms with van der Waals surface area (Å²) in [6, 6.07) is 4.65. The Labute approximate surface area is 111 Å². The van der Waals surface area contributed by atoms with Crippen molar-refractivity contribution in [3.63, 3.8) is 0 Å². The lowest BCUT2D eigenvalue weighted by Gasteiger charge is -2.30. The highest BCUT2D eigenvalue weighted by Gasteiger charge is 2.21. The van der Waals surface area contributed by atoms with Crippen LogP contribution in [0, 0.1) is 13.8 Å². The van der Waals surface area contributed by atoms with E-state index in [1.165, 1.54) is 16.7 Å². The summed E-state index contributed by atoms with van der Waals surface area (Å²) in [5.74, 6) is 0.973. The molecule has 0 fully saturated rings. The Bertz CT molecular complexity index is 392. The molecule has 0 spiro atoms. The summed E-state index contributed by atoms with van der Waals surface area (Å²) in [5, 5.41) is 0. The van der Waals surface area contributed by atoms with Crippen molar-refractivity contribution in [1.29, 1.82) is 0 Å². The largest absolute Gasteiger partial charge is 0.494 e. The fourth-order valence-corrected chi connectivity index (χ4v) is 2.47. The second-order valence-corrected chi connectivity index (χ2v) is 5.17. The fourth-order valence-electron chi connectivity index (χ4n) is 2.47. The minimum absolute atomic E-state index is 0.0936. The van der Waals surface area contributed by atoms with Crippen LogP contribution in [0.3, 0.4) is 0 Å². The molecule has 3 heteroatoms. The average molecular weight is 250 g/mol. The Kier molecular flexibility index (Phi) is 5.17. The van der Waals surface area contributed by atoms with Gasteiger partial charge in [-0.15, -0.1) is 0 Å². The highest BCUT2D eigenvalue weighted by molar-refractivity contribution is 5.43. The highest BCUT2D eigenvalue weighted by Crippen LogP contribution is 2.30. The van der Waals surface area contributed by atoms with Gasteiger partial charge in [-0.3, -0.25) is 0 Å². The standard InChI is InChI=1S/C15H26N2O/c1-7-18-14-9-10(2)13(8-11(14)3)15(12(4)16)17(5)6/h8-9,12,15H,7,16H2,1-6H3. The quantitative estimate of drug-likeness (QED) is 0.873. The van der Waals surface area contributed by atoms with Gasteiger partial charge in [-0.05, 0) is 64.5 Å². The van der Waals surface area contributed by atoms with E-state index in [4.69, 9.17) is 10.5 Å². The number of aryl methyl sites for hydroxylation is 2. The van der Waals surface area contributed by atoms with Crippen molar-refractivity contribution >= 4 is 0 Å². The molecule has 0 aromatic heterocycles. The average Bonchev–Trinajstić information content (AvgIpc) is 2.24. The first-order valence-electron chi connectivity index (χ1n) is 6.54. The lowest BCUT2D eigenvalue weighted by molar-refractivity contribution is 0.264. The minimum Gasteiger partial charge on any atom is -0.494 e. The summed E-state index contributed by atoms with van der Waals surface area (Å²) in [6.45, 7) is 8.96. The molecule has 0 aliphatic rings. The van der Waals surface area contributed by atoms with Gasteiger partial charge in [-0.1, -0.05) is 6.07 Å². The Balaban J connectivity index is 3.20. The summed E-state index contributed by atoms with van der Waals surface area (Å²) in [4.78, 5) is 2.17. The van der Waals surface area contributed by atoms with E-state index >= 15 is 0 Å². The number of nitrogens with two attached hydrogens (primary N) is 1. The van der Waals surface area contributed by atoms with E-state index in [0.717, 1.165) is 5.75 Å². The molecule has 0 aliphatic heterocycles. The van der Waals surface area contributed by atoms with Crippen LogP contribution >= 0.6 is 0 Å². The zero-order valence-corrected chi connectivity index (χ0v) is 12.4. The van der Waals surface area contributed by atoms with E-state index in [1.54, 1.807) is 0 Å². The molecule has 3 nitrogen and oxygen atoms in total. The third-order valence-corrected chi connectivity index (χ3v) is 3.24. The number of ether oxygens (including phenoxy) is 1. The molecule has 2 unspecified atom stereocenters. The van der Waals surface area contributed by atoms with Crippen LogP contribution in [0.2, 0.25) is 0 Å². The molecule has 0 saturated carbocycles.